The van der Waals surface area contributed by atoms with Crippen molar-refractivity contribution in [2.24, 2.45) is 4.99 Å². The van der Waals surface area contributed by atoms with Crippen molar-refractivity contribution in [1.29, 1.82) is 0 Å². The molecule has 0 aliphatic rings. The largest absolute Gasteiger partial charge is 0.497 e. The lowest BCUT2D eigenvalue weighted by atomic mass is 10.2. The normalized spacial score (nSPS) is 11.4. The van der Waals surface area contributed by atoms with E-state index in [2.05, 4.69) is 15.6 Å². The fraction of sp³-hybridized carbons (Fsp3) is 0.619. The molecule has 158 valence electrons. The standard InChI is InChI=1S/C21H35N3O4/c1-5-27-15-7-14-23-21(22-13-6-8-20(25)28-17(2)3)24-16-18-9-11-19(26-4)12-10-18/h9-12,17H,5-8,13-16H2,1-4H3,(H2,22,23,24). The van der Waals surface area contributed by atoms with Crippen LogP contribution in [0, 0.1) is 0 Å². The van der Waals surface area contributed by atoms with Crippen LogP contribution < -0.4 is 15.4 Å². The molecule has 0 aliphatic heterocycles. The number of hydrogen-bond acceptors (Lipinski definition) is 5. The molecule has 1 rings (SSSR count). The van der Waals surface area contributed by atoms with Gasteiger partial charge < -0.3 is 24.8 Å². The molecule has 28 heavy (non-hydrogen) atoms. The van der Waals surface area contributed by atoms with Gasteiger partial charge in [-0.1, -0.05) is 12.1 Å². The van der Waals surface area contributed by atoms with Gasteiger partial charge in [0, 0.05) is 32.7 Å². The fourth-order valence-corrected chi connectivity index (χ4v) is 2.36. The van der Waals surface area contributed by atoms with Crippen molar-refractivity contribution in [3.05, 3.63) is 29.8 Å². The molecule has 1 aromatic rings. The molecule has 2 N–H and O–H groups in total. The first-order chi connectivity index (χ1) is 13.5. The van der Waals surface area contributed by atoms with Crippen molar-refractivity contribution in [3.63, 3.8) is 0 Å². The van der Waals surface area contributed by atoms with Crippen LogP contribution in [0.4, 0.5) is 0 Å². The van der Waals surface area contributed by atoms with Gasteiger partial charge in [0.05, 0.1) is 19.8 Å². The molecule has 0 unspecified atom stereocenters. The average molecular weight is 394 g/mol. The predicted octanol–water partition coefficient (Wildman–Crippen LogP) is 2.89. The molecule has 7 nitrogen and oxygen atoms in total. The third-order valence-corrected chi connectivity index (χ3v) is 3.76. The summed E-state index contributed by atoms with van der Waals surface area (Å²) in [6.45, 7) is 9.11. The molecule has 0 saturated carbocycles. The summed E-state index contributed by atoms with van der Waals surface area (Å²) in [7, 11) is 1.65. The molecule has 0 heterocycles. The summed E-state index contributed by atoms with van der Waals surface area (Å²) in [5.74, 6) is 1.39. The molecule has 0 fully saturated rings. The monoisotopic (exact) mass is 393 g/mol. The van der Waals surface area contributed by atoms with E-state index in [0.29, 0.717) is 25.9 Å². The number of nitrogens with zero attached hydrogens (tertiary/aromatic N) is 1. The topological polar surface area (TPSA) is 81.2 Å². The van der Waals surface area contributed by atoms with Crippen molar-refractivity contribution in [2.45, 2.75) is 52.7 Å². The van der Waals surface area contributed by atoms with E-state index in [1.807, 2.05) is 45.0 Å². The van der Waals surface area contributed by atoms with Gasteiger partial charge in [0.25, 0.3) is 0 Å². The number of rotatable bonds is 13. The number of aliphatic imine (C=N–C) groups is 1. The lowest BCUT2D eigenvalue weighted by Crippen LogP contribution is -2.38. The molecule has 1 aromatic carbocycles. The van der Waals surface area contributed by atoms with Crippen LogP contribution in [0.5, 0.6) is 5.75 Å². The zero-order valence-corrected chi connectivity index (χ0v) is 17.6. The molecule has 0 atom stereocenters. The highest BCUT2D eigenvalue weighted by Gasteiger charge is 2.05. The second kappa shape index (κ2) is 14.7. The highest BCUT2D eigenvalue weighted by Crippen LogP contribution is 2.11. The maximum absolute atomic E-state index is 11.6. The van der Waals surface area contributed by atoms with Crippen molar-refractivity contribution in [3.8, 4) is 5.75 Å². The molecular formula is C21H35N3O4. The number of benzene rings is 1. The summed E-state index contributed by atoms with van der Waals surface area (Å²) in [5, 5.41) is 6.59. The van der Waals surface area contributed by atoms with Crippen molar-refractivity contribution in [1.82, 2.24) is 10.6 Å². The quantitative estimate of drug-likeness (QED) is 0.232. The van der Waals surface area contributed by atoms with Crippen molar-refractivity contribution in [2.75, 3.05) is 33.4 Å². The van der Waals surface area contributed by atoms with Gasteiger partial charge in [-0.3, -0.25) is 4.79 Å². The number of carbonyl (C=O) groups is 1. The fourth-order valence-electron chi connectivity index (χ4n) is 2.36. The Hall–Kier alpha value is -2.28. The number of nitrogens with one attached hydrogen (secondary N) is 2. The summed E-state index contributed by atoms with van der Waals surface area (Å²) >= 11 is 0. The van der Waals surface area contributed by atoms with Crippen LogP contribution >= 0.6 is 0 Å². The van der Waals surface area contributed by atoms with Crippen LogP contribution in [-0.4, -0.2) is 51.4 Å². The molecule has 0 saturated heterocycles. The van der Waals surface area contributed by atoms with E-state index < -0.39 is 0 Å². The molecule has 0 aliphatic carbocycles. The molecule has 0 amide bonds. The zero-order chi connectivity index (χ0) is 20.6. The van der Waals surface area contributed by atoms with Gasteiger partial charge in [0.2, 0.25) is 0 Å². The van der Waals surface area contributed by atoms with Crippen LogP contribution in [0.2, 0.25) is 0 Å². The van der Waals surface area contributed by atoms with E-state index in [0.717, 1.165) is 43.5 Å². The third-order valence-electron chi connectivity index (χ3n) is 3.76. The Labute approximate surface area is 168 Å². The van der Waals surface area contributed by atoms with Crippen LogP contribution in [0.3, 0.4) is 0 Å². The second-order valence-electron chi connectivity index (χ2n) is 6.56. The van der Waals surface area contributed by atoms with E-state index >= 15 is 0 Å². The molecule has 0 radical (unpaired) electrons. The predicted molar refractivity (Wildman–Crippen MR) is 112 cm³/mol. The minimum Gasteiger partial charge on any atom is -0.497 e. The van der Waals surface area contributed by atoms with E-state index in [1.54, 1.807) is 7.11 Å². The van der Waals surface area contributed by atoms with Gasteiger partial charge in [-0.15, -0.1) is 0 Å². The van der Waals surface area contributed by atoms with E-state index in [9.17, 15) is 4.79 Å². The zero-order valence-electron chi connectivity index (χ0n) is 17.6. The number of hydrogen-bond donors (Lipinski definition) is 2. The first kappa shape index (κ1) is 23.8. The van der Waals surface area contributed by atoms with Gasteiger partial charge in [-0.05, 0) is 51.3 Å². The summed E-state index contributed by atoms with van der Waals surface area (Å²) in [6, 6.07) is 7.84. The Morgan fingerprint density at radius 1 is 1.11 bits per heavy atom. The number of ether oxygens (including phenoxy) is 3. The van der Waals surface area contributed by atoms with Gasteiger partial charge in [-0.25, -0.2) is 4.99 Å². The molecule has 0 spiro atoms. The number of guanidine groups is 1. The number of esters is 1. The second-order valence-corrected chi connectivity index (χ2v) is 6.56. The molecule has 0 bridgehead atoms. The smallest absolute Gasteiger partial charge is 0.306 e. The molecule has 7 heteroatoms. The van der Waals surface area contributed by atoms with E-state index in [1.165, 1.54) is 0 Å². The minimum atomic E-state index is -0.168. The van der Waals surface area contributed by atoms with Crippen molar-refractivity contribution < 1.29 is 19.0 Å². The number of methoxy groups -OCH3 is 1. The van der Waals surface area contributed by atoms with Crippen LogP contribution in [0.1, 0.15) is 45.6 Å². The van der Waals surface area contributed by atoms with E-state index in [4.69, 9.17) is 14.2 Å². The summed E-state index contributed by atoms with van der Waals surface area (Å²) in [5.41, 5.74) is 1.09. The Bertz CT molecular complexity index is 574. The summed E-state index contributed by atoms with van der Waals surface area (Å²) in [4.78, 5) is 16.2. The lowest BCUT2D eigenvalue weighted by Gasteiger charge is -2.13. The highest BCUT2D eigenvalue weighted by atomic mass is 16.5. The van der Waals surface area contributed by atoms with Gasteiger partial charge >= 0.3 is 5.97 Å². The SMILES string of the molecule is CCOCCCNC(=NCc1ccc(OC)cc1)NCCCC(=O)OC(C)C. The first-order valence-electron chi connectivity index (χ1n) is 9.97. The minimum absolute atomic E-state index is 0.0749. The van der Waals surface area contributed by atoms with E-state index in [-0.39, 0.29) is 12.1 Å². The summed E-state index contributed by atoms with van der Waals surface area (Å²) < 4.78 is 15.7. The van der Waals surface area contributed by atoms with Crippen molar-refractivity contribution >= 4 is 11.9 Å². The lowest BCUT2D eigenvalue weighted by molar-refractivity contribution is -0.147. The maximum Gasteiger partial charge on any atom is 0.306 e. The first-order valence-corrected chi connectivity index (χ1v) is 9.97. The molecule has 0 aromatic heterocycles. The van der Waals surface area contributed by atoms with Crippen LogP contribution in [0.15, 0.2) is 29.3 Å². The average Bonchev–Trinajstić information content (AvgIpc) is 2.68. The Kier molecular flexibility index (Phi) is 12.5. The van der Waals surface area contributed by atoms with Gasteiger partial charge in [0.1, 0.15) is 5.75 Å². The highest BCUT2D eigenvalue weighted by molar-refractivity contribution is 5.79. The maximum atomic E-state index is 11.6. The Balaban J connectivity index is 2.48. The summed E-state index contributed by atoms with van der Waals surface area (Å²) in [6.07, 6.45) is 1.90. The Morgan fingerprint density at radius 2 is 1.79 bits per heavy atom. The van der Waals surface area contributed by atoms with Gasteiger partial charge in [-0.2, -0.15) is 0 Å². The molecular weight excluding hydrogens is 358 g/mol. The third kappa shape index (κ3) is 11.4. The van der Waals surface area contributed by atoms with Gasteiger partial charge in [0.15, 0.2) is 5.96 Å². The number of carbonyl (C=O) groups excluding carboxylic acids is 1. The Morgan fingerprint density at radius 3 is 2.39 bits per heavy atom. The van der Waals surface area contributed by atoms with Crippen LogP contribution in [0.25, 0.3) is 0 Å². The van der Waals surface area contributed by atoms with Crippen LogP contribution in [-0.2, 0) is 20.8 Å².